The molecule has 5 rings (SSSR count). The molecule has 30 heavy (non-hydrogen) atoms. The number of fused-ring (bicyclic) bond motifs is 2. The molecule has 0 aliphatic carbocycles. The number of benzene rings is 1. The van der Waals surface area contributed by atoms with Gasteiger partial charge >= 0.3 is 0 Å². The van der Waals surface area contributed by atoms with E-state index in [0.717, 1.165) is 35.5 Å². The summed E-state index contributed by atoms with van der Waals surface area (Å²) >= 11 is 0. The smallest absolute Gasteiger partial charge is 0.222 e. The van der Waals surface area contributed by atoms with Crippen LogP contribution in [0, 0.1) is 0 Å². The SMILES string of the molecule is O=C(CCCOn1nnc2ccccc21)N1CCN(c2ncnc3nc[nH]c23)CC1. The van der Waals surface area contributed by atoms with Gasteiger partial charge in [0.15, 0.2) is 11.5 Å². The Balaban J connectivity index is 1.10. The molecule has 0 spiro atoms. The minimum absolute atomic E-state index is 0.135. The van der Waals surface area contributed by atoms with E-state index in [1.807, 2.05) is 29.2 Å². The summed E-state index contributed by atoms with van der Waals surface area (Å²) in [5.74, 6) is 0.967. The first-order valence-electron chi connectivity index (χ1n) is 9.90. The Kier molecular flexibility index (Phi) is 4.83. The molecule has 1 amide bonds. The van der Waals surface area contributed by atoms with Gasteiger partial charge in [0.25, 0.3) is 0 Å². The number of nitrogens with one attached hydrogen (secondary N) is 1. The molecule has 3 aromatic heterocycles. The summed E-state index contributed by atoms with van der Waals surface area (Å²) in [5, 5.41) is 8.03. The van der Waals surface area contributed by atoms with Crippen molar-refractivity contribution in [3.8, 4) is 0 Å². The Morgan fingerprint density at radius 2 is 1.97 bits per heavy atom. The molecular formula is C19H21N9O2. The van der Waals surface area contributed by atoms with Crippen LogP contribution in [-0.2, 0) is 4.79 Å². The Hall–Kier alpha value is -3.76. The van der Waals surface area contributed by atoms with E-state index in [1.54, 1.807) is 6.33 Å². The number of rotatable bonds is 6. The third-order valence-corrected chi connectivity index (χ3v) is 5.20. The second-order valence-electron chi connectivity index (χ2n) is 7.05. The lowest BCUT2D eigenvalue weighted by Gasteiger charge is -2.35. The van der Waals surface area contributed by atoms with E-state index in [-0.39, 0.29) is 5.91 Å². The van der Waals surface area contributed by atoms with Gasteiger partial charge in [-0.05, 0) is 23.8 Å². The minimum atomic E-state index is 0.135. The number of imidazole rings is 1. The molecule has 11 nitrogen and oxygen atoms in total. The van der Waals surface area contributed by atoms with Crippen LogP contribution in [0.1, 0.15) is 12.8 Å². The predicted molar refractivity (Wildman–Crippen MR) is 109 cm³/mol. The van der Waals surface area contributed by atoms with Crippen LogP contribution in [0.3, 0.4) is 0 Å². The van der Waals surface area contributed by atoms with E-state index >= 15 is 0 Å². The number of aromatic amines is 1. The van der Waals surface area contributed by atoms with Crippen LogP contribution in [0.5, 0.6) is 0 Å². The van der Waals surface area contributed by atoms with Crippen molar-refractivity contribution in [2.24, 2.45) is 0 Å². The quantitative estimate of drug-likeness (QED) is 0.463. The van der Waals surface area contributed by atoms with Crippen LogP contribution in [0.25, 0.3) is 22.2 Å². The minimum Gasteiger partial charge on any atom is -0.395 e. The Morgan fingerprint density at radius 3 is 2.87 bits per heavy atom. The van der Waals surface area contributed by atoms with Gasteiger partial charge in [-0.1, -0.05) is 17.0 Å². The largest absolute Gasteiger partial charge is 0.395 e. The Bertz CT molecular complexity index is 1160. The average molecular weight is 407 g/mol. The molecule has 154 valence electrons. The molecule has 0 unspecified atom stereocenters. The maximum atomic E-state index is 12.6. The lowest BCUT2D eigenvalue weighted by atomic mass is 10.2. The average Bonchev–Trinajstić information content (AvgIpc) is 3.44. The number of nitrogens with zero attached hydrogens (tertiary/aromatic N) is 8. The van der Waals surface area contributed by atoms with Gasteiger partial charge in [0.2, 0.25) is 5.91 Å². The molecule has 0 atom stereocenters. The molecule has 11 heteroatoms. The van der Waals surface area contributed by atoms with Crippen LogP contribution < -0.4 is 9.74 Å². The van der Waals surface area contributed by atoms with E-state index in [9.17, 15) is 4.79 Å². The summed E-state index contributed by atoms with van der Waals surface area (Å²) in [7, 11) is 0. The second-order valence-corrected chi connectivity index (χ2v) is 7.05. The fourth-order valence-corrected chi connectivity index (χ4v) is 3.64. The molecule has 1 aromatic carbocycles. The molecule has 1 aliphatic rings. The van der Waals surface area contributed by atoms with Gasteiger partial charge in [-0.3, -0.25) is 4.79 Å². The van der Waals surface area contributed by atoms with Crippen molar-refractivity contribution in [2.75, 3.05) is 37.7 Å². The van der Waals surface area contributed by atoms with Gasteiger partial charge in [-0.25, -0.2) is 15.0 Å². The maximum Gasteiger partial charge on any atom is 0.222 e. The van der Waals surface area contributed by atoms with E-state index in [1.165, 1.54) is 11.2 Å². The topological polar surface area (TPSA) is 118 Å². The fraction of sp³-hybridized carbons (Fsp3) is 0.368. The van der Waals surface area contributed by atoms with Gasteiger partial charge in [-0.2, -0.15) is 0 Å². The van der Waals surface area contributed by atoms with E-state index in [4.69, 9.17) is 4.84 Å². The number of carbonyl (C=O) groups is 1. The van der Waals surface area contributed by atoms with Gasteiger partial charge in [-0.15, -0.1) is 5.10 Å². The van der Waals surface area contributed by atoms with Crippen LogP contribution in [-0.4, -0.2) is 78.7 Å². The summed E-state index contributed by atoms with van der Waals surface area (Å²) < 4.78 is 0. The number of hydrogen-bond acceptors (Lipinski definition) is 8. The number of anilines is 1. The van der Waals surface area contributed by atoms with E-state index in [0.29, 0.717) is 38.2 Å². The number of piperazine rings is 1. The van der Waals surface area contributed by atoms with Gasteiger partial charge in [0.1, 0.15) is 29.5 Å². The zero-order chi connectivity index (χ0) is 20.3. The second kappa shape index (κ2) is 7.93. The summed E-state index contributed by atoms with van der Waals surface area (Å²) in [6, 6.07) is 7.59. The third-order valence-electron chi connectivity index (χ3n) is 5.20. The fourth-order valence-electron chi connectivity index (χ4n) is 3.64. The monoisotopic (exact) mass is 407 g/mol. The van der Waals surface area contributed by atoms with Crippen LogP contribution in [0.2, 0.25) is 0 Å². The number of para-hydroxylation sites is 1. The zero-order valence-corrected chi connectivity index (χ0v) is 16.3. The summed E-state index contributed by atoms with van der Waals surface area (Å²) in [4.78, 5) is 39.5. The van der Waals surface area contributed by atoms with E-state index in [2.05, 4.69) is 35.1 Å². The van der Waals surface area contributed by atoms with Crippen molar-refractivity contribution in [1.82, 2.24) is 40.0 Å². The van der Waals surface area contributed by atoms with E-state index < -0.39 is 0 Å². The highest BCUT2D eigenvalue weighted by molar-refractivity contribution is 5.83. The molecule has 1 saturated heterocycles. The van der Waals surface area contributed by atoms with Crippen LogP contribution in [0.4, 0.5) is 5.82 Å². The van der Waals surface area contributed by atoms with Crippen molar-refractivity contribution in [1.29, 1.82) is 0 Å². The van der Waals surface area contributed by atoms with Crippen LogP contribution >= 0.6 is 0 Å². The Morgan fingerprint density at radius 1 is 1.10 bits per heavy atom. The van der Waals surface area contributed by atoms with Crippen LogP contribution in [0.15, 0.2) is 36.9 Å². The first-order chi connectivity index (χ1) is 14.8. The number of carbonyl (C=O) groups excluding carboxylic acids is 1. The third kappa shape index (κ3) is 3.49. The highest BCUT2D eigenvalue weighted by Crippen LogP contribution is 2.21. The molecule has 0 radical (unpaired) electrons. The maximum absolute atomic E-state index is 12.6. The van der Waals surface area contributed by atoms with Gasteiger partial charge in [0, 0.05) is 32.6 Å². The summed E-state index contributed by atoms with van der Waals surface area (Å²) in [6.45, 7) is 3.16. The zero-order valence-electron chi connectivity index (χ0n) is 16.3. The van der Waals surface area contributed by atoms with Crippen molar-refractivity contribution in [3.63, 3.8) is 0 Å². The normalized spacial score (nSPS) is 14.5. The molecule has 4 aromatic rings. The molecule has 1 fully saturated rings. The molecule has 0 saturated carbocycles. The highest BCUT2D eigenvalue weighted by Gasteiger charge is 2.23. The number of aromatic nitrogens is 7. The first-order valence-corrected chi connectivity index (χ1v) is 9.90. The van der Waals surface area contributed by atoms with Crippen molar-refractivity contribution >= 4 is 33.9 Å². The standard InChI is InChI=1S/C19H21N9O2/c29-16(6-3-11-30-28-15-5-2-1-4-14(15)24-25-28)26-7-9-27(10-8-26)19-17-18(21-12-20-17)22-13-23-19/h1-2,4-5,12-13H,3,6-11H2,(H,20,21,22,23). The number of amides is 1. The van der Waals surface area contributed by atoms with Crippen molar-refractivity contribution in [3.05, 3.63) is 36.9 Å². The number of H-pyrrole nitrogens is 1. The molecular weight excluding hydrogens is 386 g/mol. The summed E-state index contributed by atoms with van der Waals surface area (Å²) in [5.41, 5.74) is 3.08. The van der Waals surface area contributed by atoms with Crippen molar-refractivity contribution < 1.29 is 9.63 Å². The molecule has 1 aliphatic heterocycles. The van der Waals surface area contributed by atoms with Crippen molar-refractivity contribution in [2.45, 2.75) is 12.8 Å². The lowest BCUT2D eigenvalue weighted by molar-refractivity contribution is -0.131. The highest BCUT2D eigenvalue weighted by atomic mass is 16.7. The van der Waals surface area contributed by atoms with Gasteiger partial charge < -0.3 is 19.6 Å². The molecule has 0 bridgehead atoms. The summed E-state index contributed by atoms with van der Waals surface area (Å²) in [6.07, 6.45) is 4.19. The first kappa shape index (κ1) is 18.3. The predicted octanol–water partition coefficient (Wildman–Crippen LogP) is 0.655. The van der Waals surface area contributed by atoms with Gasteiger partial charge in [0.05, 0.1) is 6.33 Å². The lowest BCUT2D eigenvalue weighted by Crippen LogP contribution is -2.49. The molecule has 4 heterocycles. The molecule has 1 N–H and O–H groups in total. The number of hydrogen-bond donors (Lipinski definition) is 1. The Labute approximate surface area is 171 Å².